The molecule has 1 aliphatic rings. The van der Waals surface area contributed by atoms with Crippen LogP contribution < -0.4 is 5.73 Å². The zero-order valence-electron chi connectivity index (χ0n) is 13.0. The lowest BCUT2D eigenvalue weighted by molar-refractivity contribution is 0.0990. The minimum Gasteiger partial charge on any atom is -0.363 e. The second kappa shape index (κ2) is 5.88. The molecule has 0 bridgehead atoms. The molecule has 2 heterocycles. The number of amides is 1. The number of primary amides is 1. The topological polar surface area (TPSA) is 77.0 Å². The molecule has 1 unspecified atom stereocenters. The minimum atomic E-state index is -0.608. The van der Waals surface area contributed by atoms with Crippen LogP contribution in [0.1, 0.15) is 42.0 Å². The number of nitrogens with two attached hydrogens (primary N) is 1. The molecular formula is C16H21N5O. The molecule has 1 fully saturated rings. The van der Waals surface area contributed by atoms with E-state index in [1.807, 2.05) is 12.1 Å². The van der Waals surface area contributed by atoms with E-state index < -0.39 is 5.91 Å². The second-order valence-electron chi connectivity index (χ2n) is 5.79. The third kappa shape index (κ3) is 2.74. The first-order chi connectivity index (χ1) is 10.6. The minimum absolute atomic E-state index is 0.0514. The zero-order valence-corrected chi connectivity index (χ0v) is 13.0. The first-order valence-corrected chi connectivity index (χ1v) is 7.61. The Morgan fingerprint density at radius 2 is 2.05 bits per heavy atom. The van der Waals surface area contributed by atoms with Crippen LogP contribution in [0.4, 0.5) is 0 Å². The SMILES string of the molecule is CC(c1cccc(-c2nc(C(N)=O)nn2C)c1)N1CCCC1. The summed E-state index contributed by atoms with van der Waals surface area (Å²) in [7, 11) is 1.77. The lowest BCUT2D eigenvalue weighted by atomic mass is 10.0. The van der Waals surface area contributed by atoms with E-state index in [2.05, 4.69) is 34.0 Å². The van der Waals surface area contributed by atoms with Crippen LogP contribution in [-0.2, 0) is 7.05 Å². The van der Waals surface area contributed by atoms with E-state index in [4.69, 9.17) is 5.73 Å². The number of likely N-dealkylation sites (tertiary alicyclic amines) is 1. The molecule has 0 radical (unpaired) electrons. The summed E-state index contributed by atoms with van der Waals surface area (Å²) in [6.07, 6.45) is 2.55. The van der Waals surface area contributed by atoms with Crippen molar-refractivity contribution in [3.05, 3.63) is 35.7 Å². The predicted octanol–water partition coefficient (Wildman–Crippen LogP) is 1.74. The van der Waals surface area contributed by atoms with Crippen LogP contribution in [0.5, 0.6) is 0 Å². The van der Waals surface area contributed by atoms with Crippen LogP contribution in [0.25, 0.3) is 11.4 Å². The van der Waals surface area contributed by atoms with Crippen molar-refractivity contribution in [2.45, 2.75) is 25.8 Å². The summed E-state index contributed by atoms with van der Waals surface area (Å²) in [6.45, 7) is 4.54. The highest BCUT2D eigenvalue weighted by Crippen LogP contribution is 2.27. The number of aromatic nitrogens is 3. The summed E-state index contributed by atoms with van der Waals surface area (Å²) in [4.78, 5) is 18.0. The fraction of sp³-hybridized carbons (Fsp3) is 0.438. The first kappa shape index (κ1) is 14.7. The Morgan fingerprint density at radius 3 is 2.68 bits per heavy atom. The quantitative estimate of drug-likeness (QED) is 0.933. The third-order valence-electron chi connectivity index (χ3n) is 4.30. The van der Waals surface area contributed by atoms with Crippen LogP contribution in [0.3, 0.4) is 0 Å². The van der Waals surface area contributed by atoms with Crippen LogP contribution in [0.15, 0.2) is 24.3 Å². The summed E-state index contributed by atoms with van der Waals surface area (Å²) in [5, 5.41) is 4.06. The van der Waals surface area contributed by atoms with Gasteiger partial charge in [-0.3, -0.25) is 9.69 Å². The molecule has 116 valence electrons. The van der Waals surface area contributed by atoms with Gasteiger partial charge < -0.3 is 5.73 Å². The number of carbonyl (C=O) groups excluding carboxylic acids is 1. The van der Waals surface area contributed by atoms with Crippen molar-refractivity contribution in [2.75, 3.05) is 13.1 Å². The average Bonchev–Trinajstić information content (AvgIpc) is 3.16. The molecular weight excluding hydrogens is 278 g/mol. The number of benzene rings is 1. The molecule has 1 atom stereocenters. The van der Waals surface area contributed by atoms with Crippen molar-refractivity contribution in [1.82, 2.24) is 19.7 Å². The van der Waals surface area contributed by atoms with Gasteiger partial charge in [0.1, 0.15) is 0 Å². The van der Waals surface area contributed by atoms with Gasteiger partial charge >= 0.3 is 0 Å². The van der Waals surface area contributed by atoms with Gasteiger partial charge in [0.05, 0.1) is 0 Å². The molecule has 1 aromatic heterocycles. The van der Waals surface area contributed by atoms with Gasteiger partial charge in [-0.25, -0.2) is 9.67 Å². The Balaban J connectivity index is 1.92. The molecule has 1 aliphatic heterocycles. The van der Waals surface area contributed by atoms with Crippen molar-refractivity contribution in [3.8, 4) is 11.4 Å². The van der Waals surface area contributed by atoms with Gasteiger partial charge in [0, 0.05) is 18.7 Å². The zero-order chi connectivity index (χ0) is 15.7. The number of hydrogen-bond donors (Lipinski definition) is 1. The molecule has 1 aromatic carbocycles. The van der Waals surface area contributed by atoms with E-state index in [0.29, 0.717) is 11.9 Å². The van der Waals surface area contributed by atoms with Gasteiger partial charge in [-0.2, -0.15) is 0 Å². The number of aryl methyl sites for hydroxylation is 1. The Morgan fingerprint density at radius 1 is 1.32 bits per heavy atom. The Bertz CT molecular complexity index is 688. The van der Waals surface area contributed by atoms with Gasteiger partial charge in [0.25, 0.3) is 5.91 Å². The van der Waals surface area contributed by atoms with E-state index >= 15 is 0 Å². The predicted molar refractivity (Wildman–Crippen MR) is 84.2 cm³/mol. The smallest absolute Gasteiger partial charge is 0.288 e. The van der Waals surface area contributed by atoms with Gasteiger partial charge in [-0.1, -0.05) is 18.2 Å². The van der Waals surface area contributed by atoms with E-state index in [-0.39, 0.29) is 5.82 Å². The molecule has 1 saturated heterocycles. The highest BCUT2D eigenvalue weighted by molar-refractivity contribution is 5.89. The third-order valence-corrected chi connectivity index (χ3v) is 4.30. The Kier molecular flexibility index (Phi) is 3.94. The fourth-order valence-electron chi connectivity index (χ4n) is 3.02. The van der Waals surface area contributed by atoms with Gasteiger partial charge in [-0.15, -0.1) is 5.10 Å². The van der Waals surface area contributed by atoms with Gasteiger partial charge in [0.15, 0.2) is 5.82 Å². The first-order valence-electron chi connectivity index (χ1n) is 7.61. The molecule has 6 nitrogen and oxygen atoms in total. The number of hydrogen-bond acceptors (Lipinski definition) is 4. The molecule has 0 spiro atoms. The number of nitrogens with zero attached hydrogens (tertiary/aromatic N) is 4. The van der Waals surface area contributed by atoms with E-state index in [0.717, 1.165) is 18.7 Å². The largest absolute Gasteiger partial charge is 0.363 e. The maximum atomic E-state index is 11.2. The monoisotopic (exact) mass is 299 g/mol. The summed E-state index contributed by atoms with van der Waals surface area (Å²) >= 11 is 0. The highest BCUT2D eigenvalue weighted by atomic mass is 16.1. The summed E-state index contributed by atoms with van der Waals surface area (Å²) in [6, 6.07) is 8.65. The fourth-order valence-corrected chi connectivity index (χ4v) is 3.02. The maximum Gasteiger partial charge on any atom is 0.288 e. The molecule has 1 amide bonds. The molecule has 22 heavy (non-hydrogen) atoms. The van der Waals surface area contributed by atoms with Crippen molar-refractivity contribution >= 4 is 5.91 Å². The normalized spacial score (nSPS) is 16.8. The molecule has 0 aliphatic carbocycles. The lowest BCUT2D eigenvalue weighted by Gasteiger charge is -2.24. The molecule has 2 aromatic rings. The van der Waals surface area contributed by atoms with Crippen LogP contribution >= 0.6 is 0 Å². The van der Waals surface area contributed by atoms with Crippen molar-refractivity contribution < 1.29 is 4.79 Å². The number of carbonyl (C=O) groups is 1. The summed E-state index contributed by atoms with van der Waals surface area (Å²) in [5.41, 5.74) is 7.45. The standard InChI is InChI=1S/C16H21N5O/c1-11(21-8-3-4-9-21)12-6-5-7-13(10-12)16-18-15(14(17)22)19-20(16)2/h5-7,10-11H,3-4,8-9H2,1-2H3,(H2,17,22). The van der Waals surface area contributed by atoms with Crippen molar-refractivity contribution in [3.63, 3.8) is 0 Å². The van der Waals surface area contributed by atoms with Gasteiger partial charge in [0.2, 0.25) is 5.82 Å². The van der Waals surface area contributed by atoms with Crippen LogP contribution in [0, 0.1) is 0 Å². The Hall–Kier alpha value is -2.21. The van der Waals surface area contributed by atoms with Crippen LogP contribution in [0.2, 0.25) is 0 Å². The van der Waals surface area contributed by atoms with Crippen molar-refractivity contribution in [1.29, 1.82) is 0 Å². The Labute approximate surface area is 129 Å². The molecule has 2 N–H and O–H groups in total. The summed E-state index contributed by atoms with van der Waals surface area (Å²) < 4.78 is 1.60. The maximum absolute atomic E-state index is 11.2. The average molecular weight is 299 g/mol. The second-order valence-corrected chi connectivity index (χ2v) is 5.79. The van der Waals surface area contributed by atoms with E-state index in [1.54, 1.807) is 11.7 Å². The van der Waals surface area contributed by atoms with Crippen LogP contribution in [-0.4, -0.2) is 38.7 Å². The summed E-state index contributed by atoms with van der Waals surface area (Å²) in [5.74, 6) is 0.100. The number of rotatable bonds is 4. The van der Waals surface area contributed by atoms with E-state index in [1.165, 1.54) is 18.4 Å². The van der Waals surface area contributed by atoms with E-state index in [9.17, 15) is 4.79 Å². The lowest BCUT2D eigenvalue weighted by Crippen LogP contribution is -2.23. The van der Waals surface area contributed by atoms with Crippen molar-refractivity contribution in [2.24, 2.45) is 12.8 Å². The van der Waals surface area contributed by atoms with Gasteiger partial charge in [-0.05, 0) is 44.5 Å². The molecule has 6 heteroatoms. The molecule has 3 rings (SSSR count). The highest BCUT2D eigenvalue weighted by Gasteiger charge is 2.20. The molecule has 0 saturated carbocycles.